The lowest BCUT2D eigenvalue weighted by Crippen LogP contribution is -2.24. The molecule has 0 amide bonds. The first-order valence-corrected chi connectivity index (χ1v) is 4.88. The summed E-state index contributed by atoms with van der Waals surface area (Å²) in [5.41, 5.74) is 2.35. The monoisotopic (exact) mass is 179 g/mol. The topological polar surface area (TPSA) is 32.3 Å². The molecule has 2 rings (SSSR count). The Morgan fingerprint density at radius 1 is 1.46 bits per heavy atom. The maximum absolute atomic E-state index is 8.92. The summed E-state index contributed by atoms with van der Waals surface area (Å²) >= 11 is 0. The molecule has 0 aromatic carbocycles. The van der Waals surface area contributed by atoms with Crippen molar-refractivity contribution in [2.45, 2.75) is 25.3 Å². The van der Waals surface area contributed by atoms with Crippen molar-refractivity contribution in [3.05, 3.63) is 24.3 Å². The quantitative estimate of drug-likeness (QED) is 0.639. The maximum Gasteiger partial charge on any atom is 0.0679 e. The third-order valence-corrected chi connectivity index (χ3v) is 3.38. The molecule has 1 saturated heterocycles. The Morgan fingerprint density at radius 2 is 2.15 bits per heavy atom. The highest BCUT2D eigenvalue weighted by molar-refractivity contribution is 5.32. The van der Waals surface area contributed by atoms with Gasteiger partial charge in [0.15, 0.2) is 0 Å². The molecule has 1 heterocycles. The predicted molar refractivity (Wildman–Crippen MR) is 53.4 cm³/mol. The zero-order valence-electron chi connectivity index (χ0n) is 7.97. The molecule has 1 atom stereocenters. The lowest BCUT2D eigenvalue weighted by Gasteiger charge is -2.14. The fourth-order valence-corrected chi connectivity index (χ4v) is 2.07. The summed E-state index contributed by atoms with van der Waals surface area (Å²) in [4.78, 5) is 0. The van der Waals surface area contributed by atoms with Gasteiger partial charge in [-0.05, 0) is 35.8 Å². The molecule has 2 nitrogen and oxygen atoms in total. The summed E-state index contributed by atoms with van der Waals surface area (Å²) in [7, 11) is 0. The van der Waals surface area contributed by atoms with Gasteiger partial charge in [-0.3, -0.25) is 0 Å². The van der Waals surface area contributed by atoms with E-state index in [1.165, 1.54) is 19.3 Å². The molecule has 0 aromatic heterocycles. The van der Waals surface area contributed by atoms with Crippen LogP contribution in [0.1, 0.15) is 19.3 Å². The standard InChI is InChI=1S/C11H17NO/c1-8(6-13)9(2)10-5-11(3-4-11)7-12-10/h10,12-13H,1-7H2. The lowest BCUT2D eigenvalue weighted by molar-refractivity contribution is 0.332. The van der Waals surface area contributed by atoms with Gasteiger partial charge in [0, 0.05) is 12.6 Å². The van der Waals surface area contributed by atoms with Crippen LogP contribution in [0.3, 0.4) is 0 Å². The molecular formula is C11H17NO. The number of aliphatic hydroxyl groups is 1. The molecule has 72 valence electrons. The van der Waals surface area contributed by atoms with Crippen molar-refractivity contribution in [1.29, 1.82) is 0 Å². The molecule has 2 heteroatoms. The van der Waals surface area contributed by atoms with Crippen LogP contribution < -0.4 is 5.32 Å². The van der Waals surface area contributed by atoms with Gasteiger partial charge in [0.25, 0.3) is 0 Å². The minimum Gasteiger partial charge on any atom is -0.392 e. The van der Waals surface area contributed by atoms with Crippen molar-refractivity contribution in [2.75, 3.05) is 13.2 Å². The fourth-order valence-electron chi connectivity index (χ4n) is 2.07. The number of hydrogen-bond donors (Lipinski definition) is 2. The van der Waals surface area contributed by atoms with Gasteiger partial charge in [0.1, 0.15) is 0 Å². The minimum atomic E-state index is 0.0318. The van der Waals surface area contributed by atoms with E-state index in [1.54, 1.807) is 0 Å². The van der Waals surface area contributed by atoms with E-state index >= 15 is 0 Å². The fraction of sp³-hybridized carbons (Fsp3) is 0.636. The lowest BCUT2D eigenvalue weighted by atomic mass is 9.95. The van der Waals surface area contributed by atoms with E-state index in [1.807, 2.05) is 0 Å². The van der Waals surface area contributed by atoms with Crippen molar-refractivity contribution in [3.63, 3.8) is 0 Å². The van der Waals surface area contributed by atoms with Gasteiger partial charge in [-0.1, -0.05) is 13.2 Å². The molecule has 13 heavy (non-hydrogen) atoms. The highest BCUT2D eigenvalue weighted by Gasteiger charge is 2.48. The molecule has 1 unspecified atom stereocenters. The maximum atomic E-state index is 8.92. The molecule has 0 aromatic rings. The second-order valence-electron chi connectivity index (χ2n) is 4.42. The molecule has 0 radical (unpaired) electrons. The average Bonchev–Trinajstić information content (AvgIpc) is 2.74. The second kappa shape index (κ2) is 2.96. The smallest absolute Gasteiger partial charge is 0.0679 e. The number of aliphatic hydroxyl groups excluding tert-OH is 1. The van der Waals surface area contributed by atoms with Crippen LogP contribution in [0.15, 0.2) is 24.3 Å². The van der Waals surface area contributed by atoms with Crippen molar-refractivity contribution in [3.8, 4) is 0 Å². The van der Waals surface area contributed by atoms with Gasteiger partial charge in [-0.2, -0.15) is 0 Å². The Labute approximate surface area is 79.3 Å². The second-order valence-corrected chi connectivity index (χ2v) is 4.42. The molecule has 2 aliphatic rings. The zero-order valence-corrected chi connectivity index (χ0v) is 7.97. The normalized spacial score (nSPS) is 29.2. The third kappa shape index (κ3) is 1.56. The van der Waals surface area contributed by atoms with Gasteiger partial charge in [0.2, 0.25) is 0 Å². The summed E-state index contributed by atoms with van der Waals surface area (Å²) < 4.78 is 0. The van der Waals surface area contributed by atoms with Crippen LogP contribution in [0.5, 0.6) is 0 Å². The van der Waals surface area contributed by atoms with Gasteiger partial charge >= 0.3 is 0 Å². The Kier molecular flexibility index (Phi) is 2.05. The third-order valence-electron chi connectivity index (χ3n) is 3.38. The summed E-state index contributed by atoms with van der Waals surface area (Å²) in [5.74, 6) is 0. The van der Waals surface area contributed by atoms with Crippen LogP contribution in [0, 0.1) is 5.41 Å². The highest BCUT2D eigenvalue weighted by atomic mass is 16.3. The minimum absolute atomic E-state index is 0.0318. The average molecular weight is 179 g/mol. The Bertz CT molecular complexity index is 253. The van der Waals surface area contributed by atoms with Gasteiger partial charge in [0.05, 0.1) is 6.61 Å². The first-order valence-electron chi connectivity index (χ1n) is 4.88. The van der Waals surface area contributed by atoms with E-state index in [9.17, 15) is 0 Å². The van der Waals surface area contributed by atoms with Crippen LogP contribution in [-0.4, -0.2) is 24.3 Å². The van der Waals surface area contributed by atoms with Gasteiger partial charge in [-0.15, -0.1) is 0 Å². The number of hydrogen-bond acceptors (Lipinski definition) is 2. The number of rotatable bonds is 3. The van der Waals surface area contributed by atoms with Crippen LogP contribution >= 0.6 is 0 Å². The van der Waals surface area contributed by atoms with E-state index in [2.05, 4.69) is 18.5 Å². The Morgan fingerprint density at radius 3 is 2.62 bits per heavy atom. The molecule has 1 aliphatic carbocycles. The van der Waals surface area contributed by atoms with Gasteiger partial charge < -0.3 is 10.4 Å². The summed E-state index contributed by atoms with van der Waals surface area (Å²) in [5, 5.41) is 12.4. The van der Waals surface area contributed by atoms with Crippen molar-refractivity contribution < 1.29 is 5.11 Å². The van der Waals surface area contributed by atoms with Crippen molar-refractivity contribution >= 4 is 0 Å². The molecule has 2 N–H and O–H groups in total. The first-order chi connectivity index (χ1) is 6.17. The molecule has 2 fully saturated rings. The first kappa shape index (κ1) is 8.97. The predicted octanol–water partition coefficient (Wildman–Crippen LogP) is 1.23. The van der Waals surface area contributed by atoms with E-state index in [4.69, 9.17) is 5.11 Å². The van der Waals surface area contributed by atoms with E-state index < -0.39 is 0 Å². The Hall–Kier alpha value is -0.600. The van der Waals surface area contributed by atoms with Gasteiger partial charge in [-0.25, -0.2) is 0 Å². The largest absolute Gasteiger partial charge is 0.392 e. The molecule has 0 bridgehead atoms. The van der Waals surface area contributed by atoms with Crippen LogP contribution in [0.4, 0.5) is 0 Å². The van der Waals surface area contributed by atoms with Crippen molar-refractivity contribution in [2.24, 2.45) is 5.41 Å². The summed E-state index contributed by atoms with van der Waals surface area (Å²) in [6, 6.07) is 0.363. The zero-order chi connectivity index (χ0) is 9.47. The van der Waals surface area contributed by atoms with Crippen LogP contribution in [0.25, 0.3) is 0 Å². The molecule has 1 aliphatic heterocycles. The molecule has 1 spiro atoms. The van der Waals surface area contributed by atoms with E-state index in [0.29, 0.717) is 11.5 Å². The summed E-state index contributed by atoms with van der Waals surface area (Å²) in [6.07, 6.45) is 3.90. The molecular weight excluding hydrogens is 162 g/mol. The summed E-state index contributed by atoms with van der Waals surface area (Å²) in [6.45, 7) is 8.93. The van der Waals surface area contributed by atoms with Crippen LogP contribution in [0.2, 0.25) is 0 Å². The van der Waals surface area contributed by atoms with E-state index in [-0.39, 0.29) is 6.61 Å². The highest BCUT2D eigenvalue weighted by Crippen LogP contribution is 2.52. The Balaban J connectivity index is 1.95. The number of nitrogens with one attached hydrogen (secondary N) is 1. The SMILES string of the molecule is C=C(CO)C(=C)C1CC2(CC2)CN1. The van der Waals surface area contributed by atoms with E-state index in [0.717, 1.165) is 17.7 Å². The molecule has 1 saturated carbocycles. The van der Waals surface area contributed by atoms with Crippen molar-refractivity contribution in [1.82, 2.24) is 5.32 Å². The van der Waals surface area contributed by atoms with Crippen LogP contribution in [-0.2, 0) is 0 Å².